The maximum absolute atomic E-state index is 11.5. The van der Waals surface area contributed by atoms with E-state index in [1.165, 1.54) is 12.1 Å². The van der Waals surface area contributed by atoms with Gasteiger partial charge >= 0.3 is 11.7 Å². The summed E-state index contributed by atoms with van der Waals surface area (Å²) in [5.74, 6) is -0.921. The van der Waals surface area contributed by atoms with Gasteiger partial charge in [0.25, 0.3) is 0 Å². The van der Waals surface area contributed by atoms with Crippen molar-refractivity contribution >= 4 is 11.7 Å². The summed E-state index contributed by atoms with van der Waals surface area (Å²) < 4.78 is 15.1. The zero-order valence-corrected chi connectivity index (χ0v) is 12.7. The number of aliphatic hydroxyl groups is 3. The van der Waals surface area contributed by atoms with Crippen molar-refractivity contribution in [2.75, 3.05) is 13.7 Å². The Kier molecular flexibility index (Phi) is 5.67. The van der Waals surface area contributed by atoms with Gasteiger partial charge in [-0.2, -0.15) is 0 Å². The van der Waals surface area contributed by atoms with Crippen LogP contribution in [0.3, 0.4) is 0 Å². The summed E-state index contributed by atoms with van der Waals surface area (Å²) in [7, 11) is 1.15. The molecule has 1 heterocycles. The molecule has 0 aromatic heterocycles. The molecule has 132 valence electrons. The number of rotatable bonds is 5. The predicted molar refractivity (Wildman–Crippen MR) is 77.4 cm³/mol. The molecule has 1 unspecified atom stereocenters. The van der Waals surface area contributed by atoms with Crippen molar-refractivity contribution in [2.45, 2.75) is 31.0 Å². The lowest BCUT2D eigenvalue weighted by molar-refractivity contribution is -0.386. The smallest absolute Gasteiger partial charge is 0.338 e. The highest BCUT2D eigenvalue weighted by Gasteiger charge is 2.38. The van der Waals surface area contributed by atoms with Crippen LogP contribution in [0.5, 0.6) is 5.75 Å². The average Bonchev–Trinajstić information content (AvgIpc) is 2.57. The molecular weight excluding hydrogens is 326 g/mol. The van der Waals surface area contributed by atoms with Crippen molar-refractivity contribution < 1.29 is 39.2 Å². The van der Waals surface area contributed by atoms with E-state index in [0.717, 1.165) is 13.2 Å². The van der Waals surface area contributed by atoms with Crippen molar-refractivity contribution in [1.82, 2.24) is 0 Å². The van der Waals surface area contributed by atoms with Crippen LogP contribution in [0.1, 0.15) is 16.8 Å². The number of methoxy groups -OCH3 is 1. The Balaban J connectivity index is 2.22. The fourth-order valence-electron chi connectivity index (χ4n) is 2.29. The van der Waals surface area contributed by atoms with Gasteiger partial charge in [0.1, 0.15) is 12.2 Å². The Labute approximate surface area is 136 Å². The second-order valence-electron chi connectivity index (χ2n) is 5.13. The Hall–Kier alpha value is -2.27. The van der Waals surface area contributed by atoms with Crippen molar-refractivity contribution in [1.29, 1.82) is 0 Å². The molecule has 0 amide bonds. The fraction of sp³-hybridized carbons (Fsp3) is 0.500. The normalized spacial score (nSPS) is 26.7. The standard InChI is InChI=1S/C14H17NO9/c1-22-14(19)7-2-3-10(8(4-7)15(20)21)23-12-5-9(17)13(18)11(6-16)24-12/h2-4,9,11-13,16-18H,5-6H2,1H3/t9-,11?,12-,13+/m1/s1. The Morgan fingerprint density at radius 3 is 2.75 bits per heavy atom. The number of aliphatic hydroxyl groups excluding tert-OH is 3. The SMILES string of the molecule is COC(=O)c1ccc(O[C@H]2C[C@@H](O)[C@H](O)C(CO)O2)c([N+](=O)[O-])c1. The van der Waals surface area contributed by atoms with Gasteiger partial charge in [0.05, 0.1) is 30.3 Å². The molecule has 10 heteroatoms. The number of nitro groups is 1. The van der Waals surface area contributed by atoms with E-state index in [2.05, 4.69) is 4.74 Å². The van der Waals surface area contributed by atoms with Gasteiger partial charge in [0.2, 0.25) is 6.29 Å². The first-order valence-electron chi connectivity index (χ1n) is 7.03. The molecule has 0 radical (unpaired) electrons. The molecule has 4 atom stereocenters. The lowest BCUT2D eigenvalue weighted by Gasteiger charge is -2.35. The van der Waals surface area contributed by atoms with Crippen LogP contribution in [0.25, 0.3) is 0 Å². The summed E-state index contributed by atoms with van der Waals surface area (Å²) in [6, 6.07) is 3.49. The van der Waals surface area contributed by atoms with Gasteiger partial charge in [-0.15, -0.1) is 0 Å². The number of nitro benzene ring substituents is 1. The molecule has 1 aromatic rings. The predicted octanol–water partition coefficient (Wildman–Crippen LogP) is -0.411. The summed E-state index contributed by atoms with van der Waals surface area (Å²) >= 11 is 0. The highest BCUT2D eigenvalue weighted by Crippen LogP contribution is 2.31. The van der Waals surface area contributed by atoms with Gasteiger partial charge in [-0.3, -0.25) is 10.1 Å². The maximum atomic E-state index is 11.5. The molecule has 3 N–H and O–H groups in total. The topological polar surface area (TPSA) is 149 Å². The van der Waals surface area contributed by atoms with E-state index in [4.69, 9.17) is 14.6 Å². The number of hydrogen-bond acceptors (Lipinski definition) is 9. The van der Waals surface area contributed by atoms with Crippen molar-refractivity contribution in [3.8, 4) is 5.75 Å². The minimum atomic E-state index is -1.29. The number of nitrogens with zero attached hydrogens (tertiary/aromatic N) is 1. The van der Waals surface area contributed by atoms with Gasteiger partial charge in [-0.1, -0.05) is 0 Å². The van der Waals surface area contributed by atoms with Crippen LogP contribution < -0.4 is 4.74 Å². The molecule has 1 aliphatic rings. The Morgan fingerprint density at radius 1 is 1.46 bits per heavy atom. The van der Waals surface area contributed by atoms with Crippen LogP contribution in [0.15, 0.2) is 18.2 Å². The van der Waals surface area contributed by atoms with Crippen molar-refractivity contribution in [3.63, 3.8) is 0 Å². The van der Waals surface area contributed by atoms with E-state index in [1.54, 1.807) is 0 Å². The van der Waals surface area contributed by atoms with E-state index in [0.29, 0.717) is 0 Å². The van der Waals surface area contributed by atoms with E-state index >= 15 is 0 Å². The van der Waals surface area contributed by atoms with Gasteiger partial charge < -0.3 is 29.5 Å². The number of hydrogen-bond donors (Lipinski definition) is 3. The van der Waals surface area contributed by atoms with Crippen LogP contribution >= 0.6 is 0 Å². The van der Waals surface area contributed by atoms with Crippen molar-refractivity contribution in [2.24, 2.45) is 0 Å². The van der Waals surface area contributed by atoms with Gasteiger partial charge in [0.15, 0.2) is 5.75 Å². The average molecular weight is 343 g/mol. The highest BCUT2D eigenvalue weighted by molar-refractivity contribution is 5.90. The molecule has 1 fully saturated rings. The van der Waals surface area contributed by atoms with Crippen molar-refractivity contribution in [3.05, 3.63) is 33.9 Å². The van der Waals surface area contributed by atoms with Crippen LogP contribution in [-0.4, -0.2) is 64.5 Å². The number of benzene rings is 1. The third kappa shape index (κ3) is 3.79. The number of ether oxygens (including phenoxy) is 3. The zero-order chi connectivity index (χ0) is 17.9. The second-order valence-corrected chi connectivity index (χ2v) is 5.13. The molecule has 0 spiro atoms. The lowest BCUT2D eigenvalue weighted by Crippen LogP contribution is -2.51. The van der Waals surface area contributed by atoms with Gasteiger partial charge in [-0.25, -0.2) is 4.79 Å². The molecule has 10 nitrogen and oxygen atoms in total. The maximum Gasteiger partial charge on any atom is 0.338 e. The molecule has 24 heavy (non-hydrogen) atoms. The summed E-state index contributed by atoms with van der Waals surface area (Å²) in [6.45, 7) is -0.554. The minimum absolute atomic E-state index is 0.0233. The van der Waals surface area contributed by atoms with E-state index in [-0.39, 0.29) is 17.7 Å². The number of carbonyl (C=O) groups excluding carboxylic acids is 1. The van der Waals surface area contributed by atoms with Crippen LogP contribution in [0.2, 0.25) is 0 Å². The summed E-state index contributed by atoms with van der Waals surface area (Å²) in [4.78, 5) is 21.9. The molecule has 0 aliphatic carbocycles. The summed E-state index contributed by atoms with van der Waals surface area (Å²) in [6.07, 6.45) is -4.83. The monoisotopic (exact) mass is 343 g/mol. The number of carbonyl (C=O) groups is 1. The third-order valence-electron chi connectivity index (χ3n) is 3.55. The summed E-state index contributed by atoms with van der Waals surface area (Å²) in [5.41, 5.74) is -0.507. The molecule has 0 bridgehead atoms. The Morgan fingerprint density at radius 2 is 2.17 bits per heavy atom. The summed E-state index contributed by atoms with van der Waals surface area (Å²) in [5, 5.41) is 39.7. The molecule has 2 rings (SSSR count). The zero-order valence-electron chi connectivity index (χ0n) is 12.7. The fourth-order valence-corrected chi connectivity index (χ4v) is 2.29. The lowest BCUT2D eigenvalue weighted by atomic mass is 10.0. The van der Waals surface area contributed by atoms with E-state index in [1.807, 2.05) is 0 Å². The molecular formula is C14H17NO9. The largest absolute Gasteiger partial charge is 0.465 e. The number of esters is 1. The highest BCUT2D eigenvalue weighted by atomic mass is 16.7. The molecule has 1 saturated heterocycles. The van der Waals surface area contributed by atoms with E-state index in [9.17, 15) is 25.1 Å². The molecule has 0 saturated carbocycles. The molecule has 1 aliphatic heterocycles. The van der Waals surface area contributed by atoms with Crippen LogP contribution in [0.4, 0.5) is 5.69 Å². The van der Waals surface area contributed by atoms with Gasteiger partial charge in [-0.05, 0) is 12.1 Å². The van der Waals surface area contributed by atoms with Crippen LogP contribution in [0, 0.1) is 10.1 Å². The second kappa shape index (κ2) is 7.53. The minimum Gasteiger partial charge on any atom is -0.465 e. The van der Waals surface area contributed by atoms with Gasteiger partial charge in [0, 0.05) is 12.5 Å². The third-order valence-corrected chi connectivity index (χ3v) is 3.55. The molecule has 1 aromatic carbocycles. The van der Waals surface area contributed by atoms with E-state index < -0.39 is 47.8 Å². The Bertz CT molecular complexity index is 620. The first-order chi connectivity index (χ1) is 11.4. The first kappa shape index (κ1) is 18.1. The van der Waals surface area contributed by atoms with Crippen LogP contribution in [-0.2, 0) is 9.47 Å². The first-order valence-corrected chi connectivity index (χ1v) is 7.03. The quantitative estimate of drug-likeness (QED) is 0.368.